The van der Waals surface area contributed by atoms with Crippen molar-refractivity contribution in [2.24, 2.45) is 0 Å². The summed E-state index contributed by atoms with van der Waals surface area (Å²) in [6.45, 7) is 2.57. The molecule has 0 saturated carbocycles. The van der Waals surface area contributed by atoms with Gasteiger partial charge in [0.15, 0.2) is 0 Å². The van der Waals surface area contributed by atoms with Crippen LogP contribution >= 0.6 is 0 Å². The van der Waals surface area contributed by atoms with Crippen molar-refractivity contribution in [3.05, 3.63) is 35.4 Å². The van der Waals surface area contributed by atoms with Gasteiger partial charge in [0.25, 0.3) is 0 Å². The Kier molecular flexibility index (Phi) is 5.33. The van der Waals surface area contributed by atoms with Gasteiger partial charge in [-0.15, -0.1) is 0 Å². The van der Waals surface area contributed by atoms with Crippen LogP contribution in [0.5, 0.6) is 0 Å². The molecule has 1 amide bonds. The number of nitrogens with one attached hydrogen (secondary N) is 1. The molecule has 2 rings (SSSR count). The van der Waals surface area contributed by atoms with Gasteiger partial charge in [-0.05, 0) is 30.9 Å². The maximum atomic E-state index is 12.1. The molecule has 1 aliphatic rings. The molecule has 0 unspecified atom stereocenters. The number of rotatable bonds is 5. The van der Waals surface area contributed by atoms with Crippen molar-refractivity contribution in [1.29, 1.82) is 0 Å². The number of aryl methyl sites for hydroxylation is 1. The highest BCUT2D eigenvalue weighted by Gasteiger charge is 2.29. The fourth-order valence-corrected chi connectivity index (χ4v) is 2.44. The third-order valence-electron chi connectivity index (χ3n) is 3.71. The predicted molar refractivity (Wildman–Crippen MR) is 77.8 cm³/mol. The molecule has 114 valence electrons. The minimum Gasteiger partial charge on any atom is -0.467 e. The van der Waals surface area contributed by atoms with Crippen LogP contribution < -0.4 is 5.32 Å². The van der Waals surface area contributed by atoms with Crippen LogP contribution in [-0.4, -0.2) is 37.7 Å². The summed E-state index contributed by atoms with van der Waals surface area (Å²) in [6.07, 6.45) is 1.54. The minimum atomic E-state index is -0.687. The Balaban J connectivity index is 2.06. The molecule has 5 nitrogen and oxygen atoms in total. The van der Waals surface area contributed by atoms with Gasteiger partial charge in [-0.3, -0.25) is 4.79 Å². The maximum absolute atomic E-state index is 12.1. The van der Waals surface area contributed by atoms with Gasteiger partial charge in [0.1, 0.15) is 12.1 Å². The second kappa shape index (κ2) is 7.22. The van der Waals surface area contributed by atoms with Gasteiger partial charge in [0, 0.05) is 13.0 Å². The molecule has 1 aliphatic heterocycles. The summed E-state index contributed by atoms with van der Waals surface area (Å²) in [5, 5.41) is 2.75. The lowest BCUT2D eigenvalue weighted by atomic mass is 10.0. The van der Waals surface area contributed by atoms with E-state index in [1.54, 1.807) is 0 Å². The average molecular weight is 291 g/mol. The van der Waals surface area contributed by atoms with Gasteiger partial charge in [0.05, 0.1) is 7.11 Å². The van der Waals surface area contributed by atoms with Crippen molar-refractivity contribution in [3.8, 4) is 0 Å². The average Bonchev–Trinajstić information content (AvgIpc) is 3.02. The summed E-state index contributed by atoms with van der Waals surface area (Å²) >= 11 is 0. The Hall–Kier alpha value is -1.88. The number of carbonyl (C=O) groups is 2. The number of esters is 1. The molecular formula is C16H21NO4. The van der Waals surface area contributed by atoms with Crippen molar-refractivity contribution in [3.63, 3.8) is 0 Å². The molecule has 1 N–H and O–H groups in total. The first-order valence-corrected chi connectivity index (χ1v) is 7.16. The van der Waals surface area contributed by atoms with Gasteiger partial charge in [-0.2, -0.15) is 0 Å². The normalized spacial score (nSPS) is 19.0. The molecule has 0 spiro atoms. The summed E-state index contributed by atoms with van der Waals surface area (Å²) in [4.78, 5) is 24.0. The SMILES string of the molecule is COC(=O)[C@H](Cc1ccccc1C)NC(=O)[C@@H]1CCCO1. The number of methoxy groups -OCH3 is 1. The number of carbonyl (C=O) groups excluding carboxylic acids is 2. The van der Waals surface area contributed by atoms with Gasteiger partial charge in [-0.25, -0.2) is 4.79 Å². The molecule has 21 heavy (non-hydrogen) atoms. The lowest BCUT2D eigenvalue weighted by Crippen LogP contribution is -2.47. The van der Waals surface area contributed by atoms with Gasteiger partial charge in [0.2, 0.25) is 5.91 Å². The zero-order valence-electron chi connectivity index (χ0n) is 12.4. The van der Waals surface area contributed by atoms with Crippen molar-refractivity contribution in [1.82, 2.24) is 5.32 Å². The van der Waals surface area contributed by atoms with Gasteiger partial charge in [-0.1, -0.05) is 24.3 Å². The first-order chi connectivity index (χ1) is 10.1. The van der Waals surface area contributed by atoms with E-state index >= 15 is 0 Å². The molecule has 1 saturated heterocycles. The monoisotopic (exact) mass is 291 g/mol. The van der Waals surface area contributed by atoms with Crippen molar-refractivity contribution < 1.29 is 19.1 Å². The molecule has 1 aromatic carbocycles. The molecular weight excluding hydrogens is 270 g/mol. The Morgan fingerprint density at radius 1 is 1.43 bits per heavy atom. The first kappa shape index (κ1) is 15.5. The van der Waals surface area contributed by atoms with E-state index in [1.807, 2.05) is 31.2 Å². The van der Waals surface area contributed by atoms with Crippen molar-refractivity contribution in [2.75, 3.05) is 13.7 Å². The standard InChI is InChI=1S/C16H21NO4/c1-11-6-3-4-7-12(11)10-13(16(19)20-2)17-15(18)14-8-5-9-21-14/h3-4,6-7,13-14H,5,8-10H2,1-2H3,(H,17,18)/t13-,14-/m0/s1. The summed E-state index contributed by atoms with van der Waals surface area (Å²) in [5.74, 6) is -0.680. The third kappa shape index (κ3) is 4.04. The summed E-state index contributed by atoms with van der Waals surface area (Å²) < 4.78 is 10.1. The van der Waals surface area contributed by atoms with Gasteiger partial charge >= 0.3 is 5.97 Å². The van der Waals surface area contributed by atoms with E-state index in [1.165, 1.54) is 7.11 Å². The van der Waals surface area contributed by atoms with Gasteiger partial charge < -0.3 is 14.8 Å². The molecule has 0 bridgehead atoms. The van der Waals surface area contributed by atoms with E-state index in [-0.39, 0.29) is 5.91 Å². The highest BCUT2D eigenvalue weighted by Crippen LogP contribution is 2.14. The Morgan fingerprint density at radius 3 is 2.81 bits per heavy atom. The molecule has 0 radical (unpaired) electrons. The molecule has 1 aromatic rings. The number of ether oxygens (including phenoxy) is 2. The lowest BCUT2D eigenvalue weighted by Gasteiger charge is -2.19. The Morgan fingerprint density at radius 2 is 2.19 bits per heavy atom. The second-order valence-electron chi connectivity index (χ2n) is 5.22. The lowest BCUT2D eigenvalue weighted by molar-refractivity contribution is -0.146. The van der Waals surface area contributed by atoms with Crippen LogP contribution in [0.4, 0.5) is 0 Å². The van der Waals surface area contributed by atoms with E-state index < -0.39 is 18.1 Å². The molecule has 0 aliphatic carbocycles. The van der Waals surface area contributed by atoms with Crippen molar-refractivity contribution >= 4 is 11.9 Å². The zero-order chi connectivity index (χ0) is 15.2. The van der Waals surface area contributed by atoms with Crippen LogP contribution in [0.15, 0.2) is 24.3 Å². The highest BCUT2D eigenvalue weighted by atomic mass is 16.5. The summed E-state index contributed by atoms with van der Waals surface area (Å²) in [6, 6.07) is 7.10. The maximum Gasteiger partial charge on any atom is 0.328 e. The van der Waals surface area contributed by atoms with E-state index in [0.29, 0.717) is 19.4 Å². The van der Waals surface area contributed by atoms with Crippen LogP contribution in [-0.2, 0) is 25.5 Å². The van der Waals surface area contributed by atoms with E-state index in [4.69, 9.17) is 9.47 Å². The number of benzene rings is 1. The second-order valence-corrected chi connectivity index (χ2v) is 5.22. The number of hydrogen-bond donors (Lipinski definition) is 1. The number of hydrogen-bond acceptors (Lipinski definition) is 4. The topological polar surface area (TPSA) is 64.6 Å². The van der Waals surface area contributed by atoms with Crippen LogP contribution in [0.3, 0.4) is 0 Å². The highest BCUT2D eigenvalue weighted by molar-refractivity contribution is 5.87. The first-order valence-electron chi connectivity index (χ1n) is 7.16. The van der Waals surface area contributed by atoms with E-state index in [9.17, 15) is 9.59 Å². The van der Waals surface area contributed by atoms with Crippen LogP contribution in [0.2, 0.25) is 0 Å². The van der Waals surface area contributed by atoms with E-state index in [0.717, 1.165) is 17.5 Å². The zero-order valence-corrected chi connectivity index (χ0v) is 12.4. The molecule has 2 atom stereocenters. The van der Waals surface area contributed by atoms with Crippen LogP contribution in [0, 0.1) is 6.92 Å². The molecule has 1 fully saturated rings. The molecule has 5 heteroatoms. The summed E-state index contributed by atoms with van der Waals surface area (Å²) in [7, 11) is 1.32. The smallest absolute Gasteiger partial charge is 0.328 e. The quantitative estimate of drug-likeness (QED) is 0.832. The van der Waals surface area contributed by atoms with Crippen LogP contribution in [0.1, 0.15) is 24.0 Å². The molecule has 0 aromatic heterocycles. The Labute approximate surface area is 124 Å². The van der Waals surface area contributed by atoms with Crippen LogP contribution in [0.25, 0.3) is 0 Å². The third-order valence-corrected chi connectivity index (χ3v) is 3.71. The van der Waals surface area contributed by atoms with Crippen molar-refractivity contribution in [2.45, 2.75) is 38.3 Å². The Bertz CT molecular complexity index is 509. The predicted octanol–water partition coefficient (Wildman–Crippen LogP) is 1.37. The fraction of sp³-hybridized carbons (Fsp3) is 0.500. The summed E-state index contributed by atoms with van der Waals surface area (Å²) in [5.41, 5.74) is 2.10. The van der Waals surface area contributed by atoms with E-state index in [2.05, 4.69) is 5.32 Å². The largest absolute Gasteiger partial charge is 0.467 e. The number of amides is 1. The minimum absolute atomic E-state index is 0.239. The fourth-order valence-electron chi connectivity index (χ4n) is 2.44. The molecule has 1 heterocycles.